The molecule has 0 amide bonds. The Morgan fingerprint density at radius 1 is 1.29 bits per heavy atom. The summed E-state index contributed by atoms with van der Waals surface area (Å²) in [7, 11) is 0. The number of nitrogens with one attached hydrogen (secondary N) is 1. The van der Waals surface area contributed by atoms with Gasteiger partial charge in [-0.15, -0.1) is 0 Å². The van der Waals surface area contributed by atoms with E-state index in [9.17, 15) is 0 Å². The molecule has 0 aliphatic heterocycles. The lowest BCUT2D eigenvalue weighted by Gasteiger charge is -2.25. The number of benzene rings is 1. The molecule has 0 radical (unpaired) electrons. The van der Waals surface area contributed by atoms with Crippen LogP contribution in [0, 0.1) is 5.92 Å². The zero-order valence-corrected chi connectivity index (χ0v) is 11.8. The molecule has 3 heteroatoms. The van der Waals surface area contributed by atoms with Crippen LogP contribution in [0.5, 0.6) is 0 Å². The molecule has 0 fully saturated rings. The van der Waals surface area contributed by atoms with Gasteiger partial charge in [0.25, 0.3) is 0 Å². The predicted molar refractivity (Wildman–Crippen MR) is 78.0 cm³/mol. The van der Waals surface area contributed by atoms with Crippen molar-refractivity contribution in [3.63, 3.8) is 0 Å². The zero-order valence-electron chi connectivity index (χ0n) is 10.9. The summed E-state index contributed by atoms with van der Waals surface area (Å²) in [5, 5.41) is 4.16. The quantitative estimate of drug-likeness (QED) is 0.809. The Morgan fingerprint density at radius 3 is 2.47 bits per heavy atom. The van der Waals surface area contributed by atoms with Crippen molar-refractivity contribution in [3.05, 3.63) is 35.9 Å². The van der Waals surface area contributed by atoms with Crippen molar-refractivity contribution in [2.75, 3.05) is 13.1 Å². The SMILES string of the molecule is CCN(Cc1ccccc1)C(=S)NCC(C)C. The van der Waals surface area contributed by atoms with Gasteiger partial charge < -0.3 is 10.2 Å². The minimum absolute atomic E-state index is 0.614. The molecule has 0 spiro atoms. The van der Waals surface area contributed by atoms with Crippen LogP contribution in [0.25, 0.3) is 0 Å². The van der Waals surface area contributed by atoms with E-state index >= 15 is 0 Å². The van der Waals surface area contributed by atoms with Gasteiger partial charge in [-0.25, -0.2) is 0 Å². The van der Waals surface area contributed by atoms with Crippen molar-refractivity contribution in [1.82, 2.24) is 10.2 Å². The maximum Gasteiger partial charge on any atom is 0.169 e. The van der Waals surface area contributed by atoms with Gasteiger partial charge in [0.1, 0.15) is 0 Å². The maximum absolute atomic E-state index is 5.41. The molecule has 94 valence electrons. The number of nitrogens with zero attached hydrogens (tertiary/aromatic N) is 1. The standard InChI is InChI=1S/C14H22N2S/c1-4-16(14(17)15-10-12(2)3)11-13-8-6-5-7-9-13/h5-9,12H,4,10-11H2,1-3H3,(H,15,17). The van der Waals surface area contributed by atoms with E-state index in [-0.39, 0.29) is 0 Å². The molecule has 0 aromatic heterocycles. The first kappa shape index (κ1) is 14.0. The van der Waals surface area contributed by atoms with Gasteiger partial charge in [0.15, 0.2) is 5.11 Å². The van der Waals surface area contributed by atoms with Crippen LogP contribution in [0.1, 0.15) is 26.3 Å². The Labute approximate surface area is 110 Å². The summed E-state index contributed by atoms with van der Waals surface area (Å²) in [5.74, 6) is 0.614. The van der Waals surface area contributed by atoms with Crippen LogP contribution < -0.4 is 5.32 Å². The summed E-state index contributed by atoms with van der Waals surface area (Å²) in [4.78, 5) is 2.19. The Hall–Kier alpha value is -1.09. The van der Waals surface area contributed by atoms with Crippen molar-refractivity contribution in [3.8, 4) is 0 Å². The largest absolute Gasteiger partial charge is 0.362 e. The Morgan fingerprint density at radius 2 is 1.94 bits per heavy atom. The van der Waals surface area contributed by atoms with Crippen LogP contribution >= 0.6 is 12.2 Å². The molecule has 1 aromatic rings. The van der Waals surface area contributed by atoms with Gasteiger partial charge >= 0.3 is 0 Å². The molecule has 1 rings (SSSR count). The Balaban J connectivity index is 2.51. The van der Waals surface area contributed by atoms with Gasteiger partial charge in [-0.2, -0.15) is 0 Å². The normalized spacial score (nSPS) is 10.4. The average molecular weight is 250 g/mol. The summed E-state index contributed by atoms with van der Waals surface area (Å²) in [6, 6.07) is 10.4. The molecule has 0 aliphatic rings. The first-order valence-electron chi connectivity index (χ1n) is 6.20. The lowest BCUT2D eigenvalue weighted by Crippen LogP contribution is -2.40. The van der Waals surface area contributed by atoms with E-state index in [1.165, 1.54) is 5.56 Å². The number of thiocarbonyl (C=S) groups is 1. The van der Waals surface area contributed by atoms with E-state index in [0.29, 0.717) is 5.92 Å². The van der Waals surface area contributed by atoms with Crippen LogP contribution in [-0.2, 0) is 6.54 Å². The van der Waals surface area contributed by atoms with Gasteiger partial charge in [-0.1, -0.05) is 44.2 Å². The van der Waals surface area contributed by atoms with Gasteiger partial charge in [-0.05, 0) is 30.6 Å². The van der Waals surface area contributed by atoms with Crippen molar-refractivity contribution < 1.29 is 0 Å². The average Bonchev–Trinajstić information content (AvgIpc) is 2.34. The molecule has 0 unspecified atom stereocenters. The molecule has 0 saturated carbocycles. The summed E-state index contributed by atoms with van der Waals surface area (Å²) < 4.78 is 0. The van der Waals surface area contributed by atoms with Crippen molar-refractivity contribution in [2.24, 2.45) is 5.92 Å². The van der Waals surface area contributed by atoms with E-state index in [4.69, 9.17) is 12.2 Å². The molecule has 0 saturated heterocycles. The topological polar surface area (TPSA) is 15.3 Å². The third-order valence-electron chi connectivity index (χ3n) is 2.55. The lowest BCUT2D eigenvalue weighted by molar-refractivity contribution is 0.422. The highest BCUT2D eigenvalue weighted by molar-refractivity contribution is 7.80. The van der Waals surface area contributed by atoms with Crippen LogP contribution in [0.3, 0.4) is 0 Å². The minimum atomic E-state index is 0.614. The highest BCUT2D eigenvalue weighted by Gasteiger charge is 2.07. The van der Waals surface area contributed by atoms with Crippen molar-refractivity contribution >= 4 is 17.3 Å². The third-order valence-corrected chi connectivity index (χ3v) is 2.95. The second-order valence-electron chi connectivity index (χ2n) is 4.58. The summed E-state index contributed by atoms with van der Waals surface area (Å²) in [6.45, 7) is 9.24. The first-order valence-corrected chi connectivity index (χ1v) is 6.61. The second-order valence-corrected chi connectivity index (χ2v) is 4.97. The van der Waals surface area contributed by atoms with Gasteiger partial charge in [-0.3, -0.25) is 0 Å². The maximum atomic E-state index is 5.41. The minimum Gasteiger partial charge on any atom is -0.362 e. The van der Waals surface area contributed by atoms with Crippen LogP contribution in [0.4, 0.5) is 0 Å². The van der Waals surface area contributed by atoms with Gasteiger partial charge in [0, 0.05) is 19.6 Å². The zero-order chi connectivity index (χ0) is 12.7. The molecular formula is C14H22N2S. The molecule has 0 atom stereocenters. The van der Waals surface area contributed by atoms with Gasteiger partial charge in [0.05, 0.1) is 0 Å². The van der Waals surface area contributed by atoms with Crippen LogP contribution in [0.2, 0.25) is 0 Å². The first-order chi connectivity index (χ1) is 8.13. The molecule has 17 heavy (non-hydrogen) atoms. The molecule has 1 aromatic carbocycles. The summed E-state index contributed by atoms with van der Waals surface area (Å²) in [5.41, 5.74) is 1.29. The third kappa shape index (κ3) is 5.18. The number of hydrogen-bond donors (Lipinski definition) is 1. The molecule has 2 nitrogen and oxygen atoms in total. The fourth-order valence-electron chi connectivity index (χ4n) is 1.53. The molecule has 0 bridgehead atoms. The van der Waals surface area contributed by atoms with Crippen molar-refractivity contribution in [1.29, 1.82) is 0 Å². The summed E-state index contributed by atoms with van der Waals surface area (Å²) in [6.07, 6.45) is 0. The molecule has 0 heterocycles. The highest BCUT2D eigenvalue weighted by atomic mass is 32.1. The molecular weight excluding hydrogens is 228 g/mol. The number of rotatable bonds is 5. The Kier molecular flexibility index (Phi) is 5.98. The monoisotopic (exact) mass is 250 g/mol. The van der Waals surface area contributed by atoms with Crippen molar-refractivity contribution in [2.45, 2.75) is 27.3 Å². The summed E-state index contributed by atoms with van der Waals surface area (Å²) >= 11 is 5.41. The Bertz CT molecular complexity index is 335. The molecule has 1 N–H and O–H groups in total. The number of hydrogen-bond acceptors (Lipinski definition) is 1. The fraction of sp³-hybridized carbons (Fsp3) is 0.500. The smallest absolute Gasteiger partial charge is 0.169 e. The van der Waals surface area contributed by atoms with Crippen LogP contribution in [0.15, 0.2) is 30.3 Å². The van der Waals surface area contributed by atoms with E-state index in [1.807, 2.05) is 6.07 Å². The van der Waals surface area contributed by atoms with Crippen LogP contribution in [-0.4, -0.2) is 23.1 Å². The van der Waals surface area contributed by atoms with E-state index in [2.05, 4.69) is 55.3 Å². The molecule has 0 aliphatic carbocycles. The van der Waals surface area contributed by atoms with E-state index in [1.54, 1.807) is 0 Å². The van der Waals surface area contributed by atoms with E-state index in [0.717, 1.165) is 24.7 Å². The highest BCUT2D eigenvalue weighted by Crippen LogP contribution is 2.04. The van der Waals surface area contributed by atoms with Gasteiger partial charge in [0.2, 0.25) is 0 Å². The van der Waals surface area contributed by atoms with E-state index < -0.39 is 0 Å². The fourth-order valence-corrected chi connectivity index (χ4v) is 1.81. The lowest BCUT2D eigenvalue weighted by atomic mass is 10.2. The second kappa shape index (κ2) is 7.28. The predicted octanol–water partition coefficient (Wildman–Crippen LogP) is 3.04.